The largest absolute Gasteiger partial charge is 0.391 e. The quantitative estimate of drug-likeness (QED) is 0.693. The molecular weight excluding hydrogens is 199 g/mol. The van der Waals surface area contributed by atoms with Gasteiger partial charge in [0, 0.05) is 13.1 Å². The molecule has 0 spiro atoms. The van der Waals surface area contributed by atoms with Gasteiger partial charge in [-0.3, -0.25) is 0 Å². The van der Waals surface area contributed by atoms with Crippen molar-refractivity contribution in [3.05, 3.63) is 12.0 Å². The van der Waals surface area contributed by atoms with Crippen LogP contribution < -0.4 is 10.6 Å². The number of aromatic nitrogens is 2. The van der Waals surface area contributed by atoms with Crippen LogP contribution in [0.4, 0.5) is 16.2 Å². The molecular formula is C9H13FN4O. The monoisotopic (exact) mass is 212 g/mol. The highest BCUT2D eigenvalue weighted by Crippen LogP contribution is 2.20. The predicted octanol–water partition coefficient (Wildman–Crippen LogP) is 0.159. The minimum atomic E-state index is -0.502. The molecule has 1 aromatic heterocycles. The number of β-amino-alcohol motifs (C(OH)–C–C–N with tert-alkyl or cyclic N) is 1. The zero-order chi connectivity index (χ0) is 10.8. The Bertz CT molecular complexity index is 360. The maximum absolute atomic E-state index is 13.4. The summed E-state index contributed by atoms with van der Waals surface area (Å²) < 4.78 is 13.4. The second kappa shape index (κ2) is 3.98. The van der Waals surface area contributed by atoms with E-state index in [0.29, 0.717) is 13.1 Å². The summed E-state index contributed by atoms with van der Waals surface area (Å²) in [5, 5.41) is 9.46. The summed E-state index contributed by atoms with van der Waals surface area (Å²) in [5.41, 5.74) is 5.39. The maximum Gasteiger partial charge on any atom is 0.222 e. The van der Waals surface area contributed by atoms with E-state index in [-0.39, 0.29) is 11.8 Å². The van der Waals surface area contributed by atoms with Crippen molar-refractivity contribution >= 4 is 11.8 Å². The maximum atomic E-state index is 13.4. The molecule has 2 rings (SSSR count). The van der Waals surface area contributed by atoms with Crippen molar-refractivity contribution in [1.82, 2.24) is 9.97 Å². The molecule has 3 N–H and O–H groups in total. The van der Waals surface area contributed by atoms with E-state index in [9.17, 15) is 9.50 Å². The van der Waals surface area contributed by atoms with E-state index in [1.54, 1.807) is 4.90 Å². The van der Waals surface area contributed by atoms with E-state index in [0.717, 1.165) is 19.0 Å². The molecule has 0 radical (unpaired) electrons. The smallest absolute Gasteiger partial charge is 0.222 e. The van der Waals surface area contributed by atoms with Crippen LogP contribution in [0, 0.1) is 5.82 Å². The van der Waals surface area contributed by atoms with Crippen LogP contribution in [0.1, 0.15) is 12.8 Å². The molecule has 5 nitrogen and oxygen atoms in total. The number of piperidine rings is 1. The molecule has 1 atom stereocenters. The fourth-order valence-electron chi connectivity index (χ4n) is 1.74. The van der Waals surface area contributed by atoms with E-state index < -0.39 is 11.9 Å². The van der Waals surface area contributed by atoms with E-state index in [2.05, 4.69) is 9.97 Å². The number of nitrogens with two attached hydrogens (primary N) is 1. The number of nitrogen functional groups attached to an aromatic ring is 1. The number of hydrogen-bond donors (Lipinski definition) is 2. The van der Waals surface area contributed by atoms with E-state index in [1.165, 1.54) is 0 Å². The third kappa shape index (κ3) is 2.15. The van der Waals surface area contributed by atoms with Crippen LogP contribution in [0.5, 0.6) is 0 Å². The van der Waals surface area contributed by atoms with Crippen molar-refractivity contribution in [3.63, 3.8) is 0 Å². The van der Waals surface area contributed by atoms with Gasteiger partial charge in [0.05, 0.1) is 12.3 Å². The van der Waals surface area contributed by atoms with Gasteiger partial charge in [-0.1, -0.05) is 0 Å². The molecule has 1 saturated heterocycles. The Labute approximate surface area is 86.7 Å². The lowest BCUT2D eigenvalue weighted by molar-refractivity contribution is 0.153. The zero-order valence-corrected chi connectivity index (χ0v) is 8.23. The van der Waals surface area contributed by atoms with Crippen molar-refractivity contribution < 1.29 is 9.50 Å². The number of rotatable bonds is 1. The molecule has 0 aromatic carbocycles. The van der Waals surface area contributed by atoms with E-state index in [1.807, 2.05) is 0 Å². The molecule has 15 heavy (non-hydrogen) atoms. The van der Waals surface area contributed by atoms with Gasteiger partial charge in [0.1, 0.15) is 0 Å². The summed E-state index contributed by atoms with van der Waals surface area (Å²) in [6, 6.07) is 0. The van der Waals surface area contributed by atoms with Crippen LogP contribution in [-0.2, 0) is 0 Å². The summed E-state index contributed by atoms with van der Waals surface area (Å²) in [6.07, 6.45) is 2.20. The van der Waals surface area contributed by atoms with Crippen LogP contribution in [-0.4, -0.2) is 34.3 Å². The Morgan fingerprint density at radius 2 is 2.40 bits per heavy atom. The standard InChI is InChI=1S/C9H13FN4O/c10-7-4-12-9(11)13-8(7)14-3-1-2-6(15)5-14/h4,6,15H,1-3,5H2,(H2,11,12,13). The highest BCUT2D eigenvalue weighted by Gasteiger charge is 2.21. The van der Waals surface area contributed by atoms with Gasteiger partial charge in [0.2, 0.25) is 5.95 Å². The van der Waals surface area contributed by atoms with Crippen LogP contribution in [0.3, 0.4) is 0 Å². The van der Waals surface area contributed by atoms with Crippen LogP contribution in [0.2, 0.25) is 0 Å². The molecule has 82 valence electrons. The lowest BCUT2D eigenvalue weighted by atomic mass is 10.1. The van der Waals surface area contributed by atoms with Crippen LogP contribution in [0.15, 0.2) is 6.20 Å². The van der Waals surface area contributed by atoms with E-state index in [4.69, 9.17) is 5.73 Å². The highest BCUT2D eigenvalue weighted by molar-refractivity contribution is 5.43. The Hall–Kier alpha value is -1.43. The first kappa shape index (κ1) is 10.1. The molecule has 2 heterocycles. The summed E-state index contributed by atoms with van der Waals surface area (Å²) in [6.45, 7) is 1.08. The Morgan fingerprint density at radius 1 is 1.60 bits per heavy atom. The molecule has 0 bridgehead atoms. The molecule has 1 aromatic rings. The number of hydrogen-bond acceptors (Lipinski definition) is 5. The molecule has 1 aliphatic rings. The fraction of sp³-hybridized carbons (Fsp3) is 0.556. The first-order chi connectivity index (χ1) is 7.16. The minimum Gasteiger partial charge on any atom is -0.391 e. The fourth-order valence-corrected chi connectivity index (χ4v) is 1.74. The number of nitrogens with zero attached hydrogens (tertiary/aromatic N) is 3. The second-order valence-corrected chi connectivity index (χ2v) is 3.64. The van der Waals surface area contributed by atoms with Gasteiger partial charge in [-0.05, 0) is 12.8 Å². The summed E-state index contributed by atoms with van der Waals surface area (Å²) in [5.74, 6) is -0.272. The Kier molecular flexibility index (Phi) is 2.68. The molecule has 1 aliphatic heterocycles. The number of aliphatic hydroxyl groups excluding tert-OH is 1. The molecule has 0 aliphatic carbocycles. The van der Waals surface area contributed by atoms with Crippen molar-refractivity contribution in [2.24, 2.45) is 0 Å². The Morgan fingerprint density at radius 3 is 3.13 bits per heavy atom. The van der Waals surface area contributed by atoms with Crippen LogP contribution in [0.25, 0.3) is 0 Å². The van der Waals surface area contributed by atoms with Crippen molar-refractivity contribution in [1.29, 1.82) is 0 Å². The molecule has 1 unspecified atom stereocenters. The highest BCUT2D eigenvalue weighted by atomic mass is 19.1. The van der Waals surface area contributed by atoms with Gasteiger partial charge in [0.15, 0.2) is 11.6 Å². The molecule has 6 heteroatoms. The Balaban J connectivity index is 2.24. The van der Waals surface area contributed by atoms with Gasteiger partial charge in [-0.25, -0.2) is 9.37 Å². The third-order valence-corrected chi connectivity index (χ3v) is 2.44. The first-order valence-corrected chi connectivity index (χ1v) is 4.88. The second-order valence-electron chi connectivity index (χ2n) is 3.64. The van der Waals surface area contributed by atoms with E-state index >= 15 is 0 Å². The topological polar surface area (TPSA) is 75.3 Å². The van der Waals surface area contributed by atoms with Crippen molar-refractivity contribution in [3.8, 4) is 0 Å². The average molecular weight is 212 g/mol. The normalized spacial score (nSPS) is 21.7. The molecule has 1 fully saturated rings. The SMILES string of the molecule is Nc1ncc(F)c(N2CCCC(O)C2)n1. The lowest BCUT2D eigenvalue weighted by Gasteiger charge is -2.31. The zero-order valence-electron chi connectivity index (χ0n) is 8.23. The average Bonchev–Trinajstić information content (AvgIpc) is 2.22. The van der Waals surface area contributed by atoms with Gasteiger partial charge in [-0.2, -0.15) is 4.98 Å². The summed E-state index contributed by atoms with van der Waals surface area (Å²) >= 11 is 0. The van der Waals surface area contributed by atoms with Gasteiger partial charge in [-0.15, -0.1) is 0 Å². The first-order valence-electron chi connectivity index (χ1n) is 4.88. The van der Waals surface area contributed by atoms with Gasteiger partial charge in [0.25, 0.3) is 0 Å². The summed E-state index contributed by atoms with van der Waals surface area (Å²) in [7, 11) is 0. The predicted molar refractivity (Wildman–Crippen MR) is 53.9 cm³/mol. The number of aliphatic hydroxyl groups is 1. The molecule has 0 saturated carbocycles. The van der Waals surface area contributed by atoms with Crippen molar-refractivity contribution in [2.45, 2.75) is 18.9 Å². The number of halogens is 1. The number of anilines is 2. The van der Waals surface area contributed by atoms with Gasteiger partial charge >= 0.3 is 0 Å². The van der Waals surface area contributed by atoms with Gasteiger partial charge < -0.3 is 15.7 Å². The van der Waals surface area contributed by atoms with Crippen molar-refractivity contribution in [2.75, 3.05) is 23.7 Å². The molecule has 0 amide bonds. The minimum absolute atomic E-state index is 0.0477. The lowest BCUT2D eigenvalue weighted by Crippen LogP contribution is -2.39. The third-order valence-electron chi connectivity index (χ3n) is 2.44. The van der Waals surface area contributed by atoms with Crippen LogP contribution >= 0.6 is 0 Å². The summed E-state index contributed by atoms with van der Waals surface area (Å²) in [4.78, 5) is 9.09.